The van der Waals surface area contributed by atoms with Gasteiger partial charge >= 0.3 is 0 Å². The van der Waals surface area contributed by atoms with Gasteiger partial charge in [-0.05, 0) is 19.8 Å². The van der Waals surface area contributed by atoms with E-state index in [9.17, 15) is 4.79 Å². The van der Waals surface area contributed by atoms with Gasteiger partial charge in [0.2, 0.25) is 5.91 Å². The molecule has 1 atom stereocenters. The molecule has 0 aromatic heterocycles. The summed E-state index contributed by atoms with van der Waals surface area (Å²) in [6, 6.07) is 0.318. The standard InChI is InChI=1S/C14H28N2O2/c1-4-6-8-12(7-5-2)16-13(17)9-18-14(3)10-15-11-14/h12,15H,4-11H2,1-3H3,(H,16,17). The first-order valence-electron chi connectivity index (χ1n) is 7.23. The number of ether oxygens (including phenoxy) is 1. The molecule has 1 aliphatic heterocycles. The van der Waals surface area contributed by atoms with Crippen LogP contribution in [0.3, 0.4) is 0 Å². The average Bonchev–Trinajstić information content (AvgIpc) is 2.31. The van der Waals surface area contributed by atoms with Crippen LogP contribution in [0.2, 0.25) is 0 Å². The van der Waals surface area contributed by atoms with Crippen LogP contribution in [0.1, 0.15) is 52.9 Å². The molecule has 4 heteroatoms. The molecular weight excluding hydrogens is 228 g/mol. The highest BCUT2D eigenvalue weighted by atomic mass is 16.5. The first-order chi connectivity index (χ1) is 8.59. The summed E-state index contributed by atoms with van der Waals surface area (Å²) in [5.74, 6) is 0.0256. The van der Waals surface area contributed by atoms with Gasteiger partial charge in [0, 0.05) is 19.1 Å². The summed E-state index contributed by atoms with van der Waals surface area (Å²) in [5.41, 5.74) is -0.138. The zero-order valence-corrected chi connectivity index (χ0v) is 12.1. The second-order valence-electron chi connectivity index (χ2n) is 5.54. The number of carbonyl (C=O) groups excluding carboxylic acids is 1. The quantitative estimate of drug-likeness (QED) is 0.662. The van der Waals surface area contributed by atoms with E-state index in [0.717, 1.165) is 32.4 Å². The third kappa shape index (κ3) is 5.36. The Bertz CT molecular complexity index is 252. The molecule has 4 nitrogen and oxygen atoms in total. The smallest absolute Gasteiger partial charge is 0.246 e. The summed E-state index contributed by atoms with van der Waals surface area (Å²) >= 11 is 0. The monoisotopic (exact) mass is 256 g/mol. The summed E-state index contributed by atoms with van der Waals surface area (Å²) in [5, 5.41) is 6.25. The molecule has 1 aliphatic rings. The molecule has 0 spiro atoms. The predicted molar refractivity (Wildman–Crippen MR) is 73.6 cm³/mol. The van der Waals surface area contributed by atoms with E-state index in [1.165, 1.54) is 12.8 Å². The minimum Gasteiger partial charge on any atom is -0.363 e. The number of hydrogen-bond donors (Lipinski definition) is 2. The number of hydrogen-bond acceptors (Lipinski definition) is 3. The van der Waals surface area contributed by atoms with Crippen molar-refractivity contribution in [1.29, 1.82) is 0 Å². The van der Waals surface area contributed by atoms with Crippen molar-refractivity contribution >= 4 is 5.91 Å². The SMILES string of the molecule is CCCCC(CCC)NC(=O)COC1(C)CNC1. The van der Waals surface area contributed by atoms with Gasteiger partial charge in [-0.1, -0.05) is 33.1 Å². The molecule has 2 N–H and O–H groups in total. The molecule has 106 valence electrons. The van der Waals surface area contributed by atoms with E-state index in [-0.39, 0.29) is 18.1 Å². The van der Waals surface area contributed by atoms with Gasteiger partial charge in [-0.3, -0.25) is 4.79 Å². The second kappa shape index (κ2) is 7.74. The first-order valence-corrected chi connectivity index (χ1v) is 7.23. The van der Waals surface area contributed by atoms with Gasteiger partial charge in [0.25, 0.3) is 0 Å². The lowest BCUT2D eigenvalue weighted by Gasteiger charge is -2.38. The van der Waals surface area contributed by atoms with Crippen molar-refractivity contribution in [1.82, 2.24) is 10.6 Å². The zero-order valence-electron chi connectivity index (χ0n) is 12.1. The fourth-order valence-electron chi connectivity index (χ4n) is 2.18. The van der Waals surface area contributed by atoms with Crippen molar-refractivity contribution < 1.29 is 9.53 Å². The van der Waals surface area contributed by atoms with E-state index in [1.54, 1.807) is 0 Å². The van der Waals surface area contributed by atoms with Crippen molar-refractivity contribution in [2.45, 2.75) is 64.5 Å². The molecule has 1 fully saturated rings. The van der Waals surface area contributed by atoms with Gasteiger partial charge in [0.1, 0.15) is 6.61 Å². The number of unbranched alkanes of at least 4 members (excludes halogenated alkanes) is 1. The Morgan fingerprint density at radius 3 is 2.56 bits per heavy atom. The van der Waals surface area contributed by atoms with Crippen LogP contribution in [-0.4, -0.2) is 37.2 Å². The number of rotatable bonds is 9. The van der Waals surface area contributed by atoms with Crippen molar-refractivity contribution in [3.63, 3.8) is 0 Å². The van der Waals surface area contributed by atoms with Crippen LogP contribution < -0.4 is 10.6 Å². The maximum Gasteiger partial charge on any atom is 0.246 e. The Balaban J connectivity index is 2.22. The topological polar surface area (TPSA) is 50.4 Å². The number of nitrogens with one attached hydrogen (secondary N) is 2. The minimum absolute atomic E-state index is 0.0256. The fraction of sp³-hybridized carbons (Fsp3) is 0.929. The molecule has 1 heterocycles. The van der Waals surface area contributed by atoms with Crippen LogP contribution in [-0.2, 0) is 9.53 Å². The number of amides is 1. The Kier molecular flexibility index (Phi) is 6.65. The maximum absolute atomic E-state index is 11.8. The van der Waals surface area contributed by atoms with Crippen molar-refractivity contribution in [3.05, 3.63) is 0 Å². The van der Waals surface area contributed by atoms with Crippen molar-refractivity contribution in [3.8, 4) is 0 Å². The highest BCUT2D eigenvalue weighted by molar-refractivity contribution is 5.77. The van der Waals surface area contributed by atoms with Crippen LogP contribution in [0.15, 0.2) is 0 Å². The van der Waals surface area contributed by atoms with Gasteiger partial charge < -0.3 is 15.4 Å². The predicted octanol–water partition coefficient (Wildman–Crippen LogP) is 1.84. The molecule has 1 unspecified atom stereocenters. The van der Waals surface area contributed by atoms with E-state index < -0.39 is 0 Å². The molecule has 0 aromatic rings. The summed E-state index contributed by atoms with van der Waals surface area (Å²) in [4.78, 5) is 11.8. The molecule has 0 aromatic carbocycles. The molecule has 0 saturated carbocycles. The molecule has 1 amide bonds. The Labute approximate surface area is 111 Å². The summed E-state index contributed by atoms with van der Waals surface area (Å²) in [6.45, 7) is 8.24. The Morgan fingerprint density at radius 1 is 1.33 bits per heavy atom. The average molecular weight is 256 g/mol. The van der Waals surface area contributed by atoms with E-state index in [1.807, 2.05) is 6.92 Å². The Hall–Kier alpha value is -0.610. The van der Waals surface area contributed by atoms with Crippen LogP contribution in [0.4, 0.5) is 0 Å². The van der Waals surface area contributed by atoms with Gasteiger partial charge in [-0.25, -0.2) is 0 Å². The second-order valence-corrected chi connectivity index (χ2v) is 5.54. The van der Waals surface area contributed by atoms with Crippen molar-refractivity contribution in [2.75, 3.05) is 19.7 Å². The van der Waals surface area contributed by atoms with E-state index in [2.05, 4.69) is 24.5 Å². The first kappa shape index (κ1) is 15.4. The summed E-state index contributed by atoms with van der Waals surface area (Å²) in [7, 11) is 0. The third-order valence-corrected chi connectivity index (χ3v) is 3.46. The Morgan fingerprint density at radius 2 is 2.06 bits per heavy atom. The lowest BCUT2D eigenvalue weighted by Crippen LogP contribution is -2.59. The van der Waals surface area contributed by atoms with E-state index in [0.29, 0.717) is 6.04 Å². The molecule has 1 rings (SSSR count). The highest BCUT2D eigenvalue weighted by Gasteiger charge is 2.33. The van der Waals surface area contributed by atoms with Crippen LogP contribution in [0.25, 0.3) is 0 Å². The fourth-order valence-corrected chi connectivity index (χ4v) is 2.18. The minimum atomic E-state index is -0.138. The van der Waals surface area contributed by atoms with Gasteiger partial charge in [-0.2, -0.15) is 0 Å². The number of carbonyl (C=O) groups is 1. The molecular formula is C14H28N2O2. The lowest BCUT2D eigenvalue weighted by molar-refractivity contribution is -0.136. The largest absolute Gasteiger partial charge is 0.363 e. The summed E-state index contributed by atoms with van der Waals surface area (Å²) < 4.78 is 5.64. The molecule has 0 aliphatic carbocycles. The molecule has 18 heavy (non-hydrogen) atoms. The molecule has 0 radical (unpaired) electrons. The maximum atomic E-state index is 11.8. The third-order valence-electron chi connectivity index (χ3n) is 3.46. The van der Waals surface area contributed by atoms with Gasteiger partial charge in [0.05, 0.1) is 5.60 Å². The van der Waals surface area contributed by atoms with Crippen LogP contribution in [0, 0.1) is 0 Å². The normalized spacial score (nSPS) is 19.1. The highest BCUT2D eigenvalue weighted by Crippen LogP contribution is 2.14. The van der Waals surface area contributed by atoms with Crippen molar-refractivity contribution in [2.24, 2.45) is 0 Å². The van der Waals surface area contributed by atoms with E-state index >= 15 is 0 Å². The van der Waals surface area contributed by atoms with Crippen LogP contribution >= 0.6 is 0 Å². The lowest BCUT2D eigenvalue weighted by atomic mass is 10.0. The molecule has 1 saturated heterocycles. The van der Waals surface area contributed by atoms with E-state index in [4.69, 9.17) is 4.74 Å². The zero-order chi connectivity index (χ0) is 13.4. The van der Waals surface area contributed by atoms with Gasteiger partial charge in [0.15, 0.2) is 0 Å². The van der Waals surface area contributed by atoms with Crippen LogP contribution in [0.5, 0.6) is 0 Å². The van der Waals surface area contributed by atoms with Gasteiger partial charge in [-0.15, -0.1) is 0 Å². The summed E-state index contributed by atoms with van der Waals surface area (Å²) in [6.07, 6.45) is 5.60. The molecule has 0 bridgehead atoms.